The molecule has 0 aliphatic rings. The van der Waals surface area contributed by atoms with Gasteiger partial charge in [0.15, 0.2) is 0 Å². The molecule has 0 aliphatic carbocycles. The van der Waals surface area contributed by atoms with Crippen LogP contribution in [-0.4, -0.2) is 26.2 Å². The van der Waals surface area contributed by atoms with Gasteiger partial charge in [0.2, 0.25) is 0 Å². The molecule has 0 fully saturated rings. The van der Waals surface area contributed by atoms with Crippen LogP contribution < -0.4 is 0 Å². The Morgan fingerprint density at radius 1 is 1.58 bits per heavy atom. The third-order valence-electron chi connectivity index (χ3n) is 1.29. The number of hydrogen-bond acceptors (Lipinski definition) is 4. The molecule has 64 valence electrons. The van der Waals surface area contributed by atoms with Crippen molar-refractivity contribution < 1.29 is 15.0 Å². The van der Waals surface area contributed by atoms with Crippen molar-refractivity contribution in [2.45, 2.75) is 12.5 Å². The molecule has 0 amide bonds. The molecule has 1 atom stereocenters. The van der Waals surface area contributed by atoms with Gasteiger partial charge >= 0.3 is 5.97 Å². The second-order valence-corrected chi connectivity index (χ2v) is 2.24. The molecule has 0 aliphatic heterocycles. The molecular formula is C7H8N2O3. The molecule has 5 nitrogen and oxygen atoms in total. The molecule has 5 heteroatoms. The van der Waals surface area contributed by atoms with Crippen LogP contribution in [0.1, 0.15) is 18.2 Å². The van der Waals surface area contributed by atoms with E-state index < -0.39 is 12.1 Å². The van der Waals surface area contributed by atoms with E-state index >= 15 is 0 Å². The second kappa shape index (κ2) is 3.77. The summed E-state index contributed by atoms with van der Waals surface area (Å²) in [5.41, 5.74) is 0.278. The van der Waals surface area contributed by atoms with Crippen molar-refractivity contribution in [3.8, 4) is 0 Å². The third kappa shape index (κ3) is 2.28. The Morgan fingerprint density at radius 3 is 2.83 bits per heavy atom. The van der Waals surface area contributed by atoms with Crippen LogP contribution in [0.4, 0.5) is 0 Å². The van der Waals surface area contributed by atoms with Gasteiger partial charge in [0.1, 0.15) is 6.10 Å². The van der Waals surface area contributed by atoms with Crippen molar-refractivity contribution in [2.75, 3.05) is 0 Å². The number of aliphatic hydroxyl groups is 1. The van der Waals surface area contributed by atoms with E-state index in [-0.39, 0.29) is 12.1 Å². The van der Waals surface area contributed by atoms with Crippen LogP contribution >= 0.6 is 0 Å². The zero-order valence-corrected chi connectivity index (χ0v) is 6.21. The lowest BCUT2D eigenvalue weighted by Crippen LogP contribution is -2.07. The Hall–Kier alpha value is -1.49. The van der Waals surface area contributed by atoms with Gasteiger partial charge in [-0.2, -0.15) is 0 Å². The summed E-state index contributed by atoms with van der Waals surface area (Å²) in [6.07, 6.45) is 2.78. The van der Waals surface area contributed by atoms with E-state index in [1.54, 1.807) is 0 Å². The van der Waals surface area contributed by atoms with Crippen molar-refractivity contribution in [1.82, 2.24) is 9.97 Å². The van der Waals surface area contributed by atoms with E-state index in [0.717, 1.165) is 0 Å². The van der Waals surface area contributed by atoms with Crippen molar-refractivity contribution in [2.24, 2.45) is 0 Å². The maximum Gasteiger partial charge on any atom is 0.306 e. The molecular weight excluding hydrogens is 160 g/mol. The van der Waals surface area contributed by atoms with Gasteiger partial charge in [-0.15, -0.1) is 0 Å². The molecule has 0 aromatic carbocycles. The van der Waals surface area contributed by atoms with Crippen molar-refractivity contribution >= 4 is 5.97 Å². The standard InChI is InChI=1S/C7H8N2O3/c10-6(3-7(11)12)5-4-8-1-2-9-5/h1-2,4,6,10H,3H2,(H,11,12)/t6-/m1/s1. The smallest absolute Gasteiger partial charge is 0.306 e. The van der Waals surface area contributed by atoms with Gasteiger partial charge in [-0.25, -0.2) is 0 Å². The SMILES string of the molecule is O=C(O)C[C@@H](O)c1cnccn1. The van der Waals surface area contributed by atoms with E-state index in [1.165, 1.54) is 18.6 Å². The van der Waals surface area contributed by atoms with Crippen LogP contribution in [0.25, 0.3) is 0 Å². The number of aromatic nitrogens is 2. The number of carboxylic acids is 1. The van der Waals surface area contributed by atoms with Gasteiger partial charge in [0.05, 0.1) is 18.3 Å². The normalized spacial score (nSPS) is 12.4. The number of aliphatic carboxylic acids is 1. The molecule has 0 radical (unpaired) electrons. The van der Waals surface area contributed by atoms with Gasteiger partial charge in [-0.05, 0) is 0 Å². The molecule has 1 rings (SSSR count). The minimum atomic E-state index is -1.07. The summed E-state index contributed by atoms with van der Waals surface area (Å²) in [5.74, 6) is -1.06. The fourth-order valence-corrected chi connectivity index (χ4v) is 0.753. The molecule has 0 saturated heterocycles. The average Bonchev–Trinajstić information content (AvgIpc) is 2.05. The Labute approximate surface area is 68.7 Å². The highest BCUT2D eigenvalue weighted by Crippen LogP contribution is 2.11. The Kier molecular flexibility index (Phi) is 2.71. The summed E-state index contributed by atoms with van der Waals surface area (Å²) >= 11 is 0. The van der Waals surface area contributed by atoms with E-state index in [0.29, 0.717) is 0 Å². The monoisotopic (exact) mass is 168 g/mol. The Morgan fingerprint density at radius 2 is 2.33 bits per heavy atom. The van der Waals surface area contributed by atoms with Gasteiger partial charge in [0.25, 0.3) is 0 Å². The van der Waals surface area contributed by atoms with Crippen molar-refractivity contribution in [1.29, 1.82) is 0 Å². The van der Waals surface area contributed by atoms with Crippen LogP contribution in [0.5, 0.6) is 0 Å². The first-order chi connectivity index (χ1) is 5.70. The van der Waals surface area contributed by atoms with E-state index in [1.807, 2.05) is 0 Å². The maximum absolute atomic E-state index is 10.2. The van der Waals surface area contributed by atoms with Gasteiger partial charge in [-0.1, -0.05) is 0 Å². The topological polar surface area (TPSA) is 83.3 Å². The second-order valence-electron chi connectivity index (χ2n) is 2.24. The number of hydrogen-bond donors (Lipinski definition) is 2. The molecule has 1 aromatic heterocycles. The predicted octanol–water partition coefficient (Wildman–Crippen LogP) is -0.0153. The summed E-state index contributed by atoms with van der Waals surface area (Å²) in [4.78, 5) is 17.6. The minimum absolute atomic E-state index is 0.278. The zero-order valence-electron chi connectivity index (χ0n) is 6.21. The first-order valence-corrected chi connectivity index (χ1v) is 3.36. The molecule has 0 unspecified atom stereocenters. The maximum atomic E-state index is 10.2. The Balaban J connectivity index is 2.65. The lowest BCUT2D eigenvalue weighted by Gasteiger charge is -2.04. The molecule has 0 saturated carbocycles. The first kappa shape index (κ1) is 8.61. The minimum Gasteiger partial charge on any atom is -0.481 e. The van der Waals surface area contributed by atoms with Gasteiger partial charge in [-0.3, -0.25) is 14.8 Å². The predicted molar refractivity (Wildman–Crippen MR) is 39.2 cm³/mol. The highest BCUT2D eigenvalue weighted by Gasteiger charge is 2.12. The van der Waals surface area contributed by atoms with Crippen LogP contribution in [-0.2, 0) is 4.79 Å². The van der Waals surface area contributed by atoms with E-state index in [4.69, 9.17) is 5.11 Å². The highest BCUT2D eigenvalue weighted by molar-refractivity contribution is 5.67. The van der Waals surface area contributed by atoms with Crippen molar-refractivity contribution in [3.05, 3.63) is 24.3 Å². The summed E-state index contributed by atoms with van der Waals surface area (Å²) in [6, 6.07) is 0. The fourth-order valence-electron chi connectivity index (χ4n) is 0.753. The molecule has 0 bridgehead atoms. The summed E-state index contributed by atoms with van der Waals surface area (Å²) in [6.45, 7) is 0. The molecule has 1 aromatic rings. The zero-order chi connectivity index (χ0) is 8.97. The number of carboxylic acid groups (broad SMARTS) is 1. The fraction of sp³-hybridized carbons (Fsp3) is 0.286. The molecule has 12 heavy (non-hydrogen) atoms. The summed E-state index contributed by atoms with van der Waals surface area (Å²) in [5, 5.41) is 17.5. The third-order valence-corrected chi connectivity index (χ3v) is 1.29. The molecule has 2 N–H and O–H groups in total. The van der Waals surface area contributed by atoms with Crippen LogP contribution in [0.3, 0.4) is 0 Å². The Bertz CT molecular complexity index is 263. The number of aliphatic hydroxyl groups excluding tert-OH is 1. The number of rotatable bonds is 3. The highest BCUT2D eigenvalue weighted by atomic mass is 16.4. The average molecular weight is 168 g/mol. The van der Waals surface area contributed by atoms with Crippen LogP contribution in [0.15, 0.2) is 18.6 Å². The van der Waals surface area contributed by atoms with Gasteiger partial charge in [0, 0.05) is 12.4 Å². The number of carbonyl (C=O) groups is 1. The van der Waals surface area contributed by atoms with Gasteiger partial charge < -0.3 is 10.2 Å². The lowest BCUT2D eigenvalue weighted by atomic mass is 10.2. The van der Waals surface area contributed by atoms with Crippen molar-refractivity contribution in [3.63, 3.8) is 0 Å². The molecule has 1 heterocycles. The van der Waals surface area contributed by atoms with Crippen LogP contribution in [0.2, 0.25) is 0 Å². The van der Waals surface area contributed by atoms with E-state index in [9.17, 15) is 9.90 Å². The summed E-state index contributed by atoms with van der Waals surface area (Å²) in [7, 11) is 0. The first-order valence-electron chi connectivity index (χ1n) is 3.36. The summed E-state index contributed by atoms with van der Waals surface area (Å²) < 4.78 is 0. The van der Waals surface area contributed by atoms with E-state index in [2.05, 4.69) is 9.97 Å². The number of nitrogens with zero attached hydrogens (tertiary/aromatic N) is 2. The van der Waals surface area contributed by atoms with Crippen LogP contribution in [0, 0.1) is 0 Å². The lowest BCUT2D eigenvalue weighted by molar-refractivity contribution is -0.139. The molecule has 0 spiro atoms. The quantitative estimate of drug-likeness (QED) is 0.662. The largest absolute Gasteiger partial charge is 0.481 e.